The fourth-order valence-corrected chi connectivity index (χ4v) is 4.34. The van der Waals surface area contributed by atoms with Crippen molar-refractivity contribution in [2.45, 2.75) is 38.0 Å². The standard InChI is InChI=1S/C18H30N4O2S.HI/c1-15(2)8-11-20-18(19)21-14-16-9-12-22(13-10-16)25(23,24)17-6-4-3-5-7-17;/h3-7,15-16H,8-14H2,1-2H3,(H3,19,20,21);1H. The summed E-state index contributed by atoms with van der Waals surface area (Å²) in [6.45, 7) is 6.91. The summed E-state index contributed by atoms with van der Waals surface area (Å²) in [4.78, 5) is 4.77. The van der Waals surface area contributed by atoms with Crippen LogP contribution < -0.4 is 11.1 Å². The summed E-state index contributed by atoms with van der Waals surface area (Å²) in [6.07, 6.45) is 2.69. The monoisotopic (exact) mass is 494 g/mol. The second kappa shape index (κ2) is 11.1. The van der Waals surface area contributed by atoms with Crippen LogP contribution in [0.15, 0.2) is 40.2 Å². The maximum Gasteiger partial charge on any atom is 0.243 e. The molecule has 0 atom stereocenters. The van der Waals surface area contributed by atoms with E-state index in [0.717, 1.165) is 25.8 Å². The summed E-state index contributed by atoms with van der Waals surface area (Å²) in [6, 6.07) is 8.63. The Hall–Kier alpha value is -0.870. The van der Waals surface area contributed by atoms with Crippen LogP contribution in [0.5, 0.6) is 0 Å². The van der Waals surface area contributed by atoms with Crippen molar-refractivity contribution in [2.24, 2.45) is 22.6 Å². The van der Waals surface area contributed by atoms with E-state index in [-0.39, 0.29) is 24.0 Å². The molecule has 2 rings (SSSR count). The van der Waals surface area contributed by atoms with Crippen molar-refractivity contribution in [3.8, 4) is 0 Å². The third-order valence-electron chi connectivity index (χ3n) is 4.50. The molecule has 0 unspecified atom stereocenters. The second-order valence-electron chi connectivity index (χ2n) is 7.00. The van der Waals surface area contributed by atoms with E-state index in [9.17, 15) is 8.42 Å². The number of nitrogens with two attached hydrogens (primary N) is 1. The molecule has 1 aromatic carbocycles. The Morgan fingerprint density at radius 2 is 1.88 bits per heavy atom. The molecule has 26 heavy (non-hydrogen) atoms. The molecule has 3 N–H and O–H groups in total. The molecule has 1 aliphatic rings. The lowest BCUT2D eigenvalue weighted by atomic mass is 9.98. The number of hydrogen-bond donors (Lipinski definition) is 2. The minimum atomic E-state index is -3.38. The molecule has 0 amide bonds. The Morgan fingerprint density at radius 1 is 1.27 bits per heavy atom. The average Bonchev–Trinajstić information content (AvgIpc) is 2.61. The Balaban J connectivity index is 0.00000338. The van der Waals surface area contributed by atoms with E-state index in [1.54, 1.807) is 28.6 Å². The summed E-state index contributed by atoms with van der Waals surface area (Å²) < 4.78 is 26.8. The van der Waals surface area contributed by atoms with Crippen LogP contribution in [0.2, 0.25) is 0 Å². The number of piperidine rings is 1. The maximum atomic E-state index is 12.6. The fraction of sp³-hybridized carbons (Fsp3) is 0.611. The molecule has 6 nitrogen and oxygen atoms in total. The molecule has 0 saturated carbocycles. The highest BCUT2D eigenvalue weighted by atomic mass is 127. The molecule has 148 valence electrons. The number of rotatable bonds is 7. The molecule has 1 saturated heterocycles. The molecule has 1 aromatic rings. The van der Waals surface area contributed by atoms with Gasteiger partial charge in [-0.3, -0.25) is 4.99 Å². The van der Waals surface area contributed by atoms with Gasteiger partial charge in [0, 0.05) is 26.2 Å². The minimum Gasteiger partial charge on any atom is -0.370 e. The number of hydrogen-bond acceptors (Lipinski definition) is 3. The number of guanidine groups is 1. The highest BCUT2D eigenvalue weighted by Gasteiger charge is 2.29. The Morgan fingerprint density at radius 3 is 2.46 bits per heavy atom. The van der Waals surface area contributed by atoms with Gasteiger partial charge in [-0.15, -0.1) is 24.0 Å². The molecule has 1 fully saturated rings. The summed E-state index contributed by atoms with van der Waals surface area (Å²) >= 11 is 0. The van der Waals surface area contributed by atoms with E-state index in [1.807, 2.05) is 6.07 Å². The number of benzene rings is 1. The Labute approximate surface area is 174 Å². The third kappa shape index (κ3) is 7.03. The topological polar surface area (TPSA) is 87.8 Å². The molecule has 0 bridgehead atoms. The summed E-state index contributed by atoms with van der Waals surface area (Å²) in [5.74, 6) is 1.50. The van der Waals surface area contributed by atoms with Crippen molar-refractivity contribution in [3.63, 3.8) is 0 Å². The zero-order chi connectivity index (χ0) is 18.3. The van der Waals surface area contributed by atoms with E-state index >= 15 is 0 Å². The first-order chi connectivity index (χ1) is 11.9. The van der Waals surface area contributed by atoms with E-state index in [2.05, 4.69) is 24.2 Å². The lowest BCUT2D eigenvalue weighted by Gasteiger charge is -2.30. The average molecular weight is 494 g/mol. The molecular formula is C18H31IN4O2S. The Bertz CT molecular complexity index is 657. The van der Waals surface area contributed by atoms with Crippen LogP contribution in [-0.4, -0.2) is 44.9 Å². The summed E-state index contributed by atoms with van der Waals surface area (Å²) in [5, 5.41) is 3.13. The van der Waals surface area contributed by atoms with Crippen molar-refractivity contribution >= 4 is 40.0 Å². The second-order valence-corrected chi connectivity index (χ2v) is 8.93. The lowest BCUT2D eigenvalue weighted by molar-refractivity contribution is 0.279. The van der Waals surface area contributed by atoms with E-state index in [4.69, 9.17) is 5.73 Å². The van der Waals surface area contributed by atoms with Gasteiger partial charge in [0.25, 0.3) is 0 Å². The Kier molecular flexibility index (Phi) is 9.88. The van der Waals surface area contributed by atoms with Crippen LogP contribution >= 0.6 is 24.0 Å². The van der Waals surface area contributed by atoms with Crippen LogP contribution in [0.25, 0.3) is 0 Å². The molecule has 1 aliphatic heterocycles. The van der Waals surface area contributed by atoms with Crippen LogP contribution in [-0.2, 0) is 10.0 Å². The number of nitrogens with zero attached hydrogens (tertiary/aromatic N) is 2. The smallest absolute Gasteiger partial charge is 0.243 e. The van der Waals surface area contributed by atoms with Gasteiger partial charge < -0.3 is 11.1 Å². The van der Waals surface area contributed by atoms with Gasteiger partial charge in [0.2, 0.25) is 10.0 Å². The number of nitrogens with one attached hydrogen (secondary N) is 1. The normalized spacial score (nSPS) is 17.1. The first-order valence-corrected chi connectivity index (χ1v) is 10.4. The molecule has 0 aromatic heterocycles. The molecule has 0 spiro atoms. The van der Waals surface area contributed by atoms with Gasteiger partial charge in [0.15, 0.2) is 5.96 Å². The predicted molar refractivity (Wildman–Crippen MR) is 117 cm³/mol. The van der Waals surface area contributed by atoms with Gasteiger partial charge in [-0.2, -0.15) is 4.31 Å². The maximum absolute atomic E-state index is 12.6. The third-order valence-corrected chi connectivity index (χ3v) is 6.41. The van der Waals surface area contributed by atoms with Crippen LogP contribution in [0, 0.1) is 11.8 Å². The van der Waals surface area contributed by atoms with E-state index in [1.165, 1.54) is 0 Å². The number of sulfonamides is 1. The molecular weight excluding hydrogens is 463 g/mol. The highest BCUT2D eigenvalue weighted by molar-refractivity contribution is 14.0. The van der Waals surface area contributed by atoms with Crippen LogP contribution in [0.3, 0.4) is 0 Å². The van der Waals surface area contributed by atoms with Crippen molar-refractivity contribution < 1.29 is 8.42 Å². The van der Waals surface area contributed by atoms with Crippen LogP contribution in [0.4, 0.5) is 0 Å². The predicted octanol–water partition coefficient (Wildman–Crippen LogP) is 2.66. The van der Waals surface area contributed by atoms with Crippen molar-refractivity contribution in [2.75, 3.05) is 26.2 Å². The van der Waals surface area contributed by atoms with Gasteiger partial charge in [-0.05, 0) is 43.2 Å². The molecule has 0 aliphatic carbocycles. The zero-order valence-corrected chi connectivity index (χ0v) is 18.7. The largest absolute Gasteiger partial charge is 0.370 e. The number of halogens is 1. The van der Waals surface area contributed by atoms with E-state index in [0.29, 0.717) is 42.3 Å². The van der Waals surface area contributed by atoms with E-state index < -0.39 is 10.0 Å². The zero-order valence-electron chi connectivity index (χ0n) is 15.6. The van der Waals surface area contributed by atoms with Gasteiger partial charge in [0.1, 0.15) is 0 Å². The first-order valence-electron chi connectivity index (χ1n) is 8.98. The van der Waals surface area contributed by atoms with Gasteiger partial charge in [-0.1, -0.05) is 32.0 Å². The minimum absolute atomic E-state index is 0. The molecule has 0 radical (unpaired) electrons. The molecule has 1 heterocycles. The quantitative estimate of drug-likeness (QED) is 0.347. The summed E-state index contributed by atoms with van der Waals surface area (Å²) in [5.41, 5.74) is 5.88. The molecule has 8 heteroatoms. The van der Waals surface area contributed by atoms with Gasteiger partial charge in [-0.25, -0.2) is 8.42 Å². The SMILES string of the molecule is CC(C)CCNC(N)=NCC1CCN(S(=O)(=O)c2ccccc2)CC1.I. The van der Waals surface area contributed by atoms with Crippen molar-refractivity contribution in [1.29, 1.82) is 0 Å². The van der Waals surface area contributed by atoms with Gasteiger partial charge in [0.05, 0.1) is 4.90 Å². The lowest BCUT2D eigenvalue weighted by Crippen LogP contribution is -2.39. The highest BCUT2D eigenvalue weighted by Crippen LogP contribution is 2.23. The first kappa shape index (κ1) is 23.2. The van der Waals surface area contributed by atoms with Crippen LogP contribution in [0.1, 0.15) is 33.1 Å². The fourth-order valence-electron chi connectivity index (χ4n) is 2.85. The van der Waals surface area contributed by atoms with Gasteiger partial charge >= 0.3 is 0 Å². The number of aliphatic imine (C=N–C) groups is 1. The summed E-state index contributed by atoms with van der Waals surface area (Å²) in [7, 11) is -3.38. The van der Waals surface area contributed by atoms with Crippen molar-refractivity contribution in [3.05, 3.63) is 30.3 Å². The van der Waals surface area contributed by atoms with Crippen molar-refractivity contribution in [1.82, 2.24) is 9.62 Å².